The lowest BCUT2D eigenvalue weighted by Gasteiger charge is -2.15. The molecule has 2 nitrogen and oxygen atoms in total. The van der Waals surface area contributed by atoms with Crippen LogP contribution in [0.4, 0.5) is 17.6 Å². The van der Waals surface area contributed by atoms with Crippen LogP contribution in [0.3, 0.4) is 0 Å². The van der Waals surface area contributed by atoms with E-state index in [-0.39, 0.29) is 16.7 Å². The predicted molar refractivity (Wildman–Crippen MR) is 83.6 cm³/mol. The Morgan fingerprint density at radius 1 is 1.21 bits per heavy atom. The molecule has 0 saturated carbocycles. The van der Waals surface area contributed by atoms with Crippen molar-refractivity contribution in [2.24, 2.45) is 5.73 Å². The number of halogens is 5. The summed E-state index contributed by atoms with van der Waals surface area (Å²) in [5.74, 6) is -0.255. The van der Waals surface area contributed by atoms with Crippen molar-refractivity contribution in [1.29, 1.82) is 0 Å². The zero-order valence-electron chi connectivity index (χ0n) is 12.5. The molecule has 2 N–H and O–H groups in total. The smallest absolute Gasteiger partial charge is 0.416 e. The van der Waals surface area contributed by atoms with Crippen LogP contribution < -0.4 is 10.5 Å². The monoisotopic (exact) mass is 359 g/mol. The zero-order valence-corrected chi connectivity index (χ0v) is 13.2. The van der Waals surface area contributed by atoms with E-state index in [4.69, 9.17) is 22.1 Å². The van der Waals surface area contributed by atoms with Gasteiger partial charge in [-0.1, -0.05) is 17.7 Å². The van der Waals surface area contributed by atoms with Crippen molar-refractivity contribution >= 4 is 11.6 Å². The van der Waals surface area contributed by atoms with Crippen molar-refractivity contribution in [2.75, 3.05) is 6.54 Å². The first-order valence-corrected chi connectivity index (χ1v) is 7.73. The zero-order chi connectivity index (χ0) is 17.5. The van der Waals surface area contributed by atoms with Crippen molar-refractivity contribution < 1.29 is 22.3 Å². The third kappa shape index (κ3) is 3.21. The van der Waals surface area contributed by atoms with Crippen LogP contribution in [0.5, 0.6) is 5.75 Å². The lowest BCUT2D eigenvalue weighted by atomic mass is 9.96. The van der Waals surface area contributed by atoms with Gasteiger partial charge in [0.05, 0.1) is 10.6 Å². The number of fused-ring (bicyclic) bond motifs is 1. The summed E-state index contributed by atoms with van der Waals surface area (Å²) in [6.45, 7) is 0.377. The molecule has 2 aromatic carbocycles. The van der Waals surface area contributed by atoms with Gasteiger partial charge in [0.1, 0.15) is 17.7 Å². The van der Waals surface area contributed by atoms with Crippen LogP contribution in [-0.4, -0.2) is 12.6 Å². The molecule has 0 radical (unpaired) electrons. The first kappa shape index (κ1) is 17.0. The van der Waals surface area contributed by atoms with Crippen molar-refractivity contribution in [1.82, 2.24) is 0 Å². The Labute approximate surface area is 141 Å². The summed E-state index contributed by atoms with van der Waals surface area (Å²) in [4.78, 5) is 0. The molecule has 0 aliphatic carbocycles. The molecule has 1 unspecified atom stereocenters. The van der Waals surface area contributed by atoms with Crippen molar-refractivity contribution in [3.05, 3.63) is 52.3 Å². The van der Waals surface area contributed by atoms with Crippen LogP contribution in [0, 0.1) is 5.82 Å². The second kappa shape index (κ2) is 6.26. The van der Waals surface area contributed by atoms with Gasteiger partial charge in [0.2, 0.25) is 0 Å². The first-order valence-electron chi connectivity index (χ1n) is 7.36. The average Bonchev–Trinajstić information content (AvgIpc) is 2.91. The SMILES string of the molecule is NCCC1Cc2cc(C(F)(F)F)cc(-c3ccc(F)c(Cl)c3)c2O1. The Balaban J connectivity index is 2.14. The topological polar surface area (TPSA) is 35.2 Å². The third-order valence-electron chi connectivity index (χ3n) is 3.94. The molecule has 1 aliphatic heterocycles. The normalized spacial score (nSPS) is 16.8. The molecule has 3 rings (SSSR count). The standard InChI is InChI=1S/C17H14ClF4NO/c18-14-7-9(1-2-15(14)19)13-8-11(17(20,21)22)5-10-6-12(3-4-23)24-16(10)13/h1-2,5,7-8,12H,3-4,6,23H2. The molecule has 0 saturated heterocycles. The summed E-state index contributed by atoms with van der Waals surface area (Å²) in [5.41, 5.74) is 5.83. The van der Waals surface area contributed by atoms with Gasteiger partial charge in [-0.05, 0) is 48.4 Å². The van der Waals surface area contributed by atoms with E-state index in [1.807, 2.05) is 0 Å². The number of hydrogen-bond donors (Lipinski definition) is 1. The highest BCUT2D eigenvalue weighted by Gasteiger charge is 2.35. The number of hydrogen-bond acceptors (Lipinski definition) is 2. The molecule has 0 spiro atoms. The molecule has 2 aromatic rings. The summed E-state index contributed by atoms with van der Waals surface area (Å²) in [7, 11) is 0. The van der Waals surface area contributed by atoms with Crippen LogP contribution >= 0.6 is 11.6 Å². The fourth-order valence-corrected chi connectivity index (χ4v) is 3.00. The van der Waals surface area contributed by atoms with Gasteiger partial charge in [0.15, 0.2) is 0 Å². The highest BCUT2D eigenvalue weighted by molar-refractivity contribution is 6.31. The van der Waals surface area contributed by atoms with Gasteiger partial charge < -0.3 is 10.5 Å². The number of nitrogens with two attached hydrogens (primary N) is 1. The van der Waals surface area contributed by atoms with E-state index >= 15 is 0 Å². The summed E-state index contributed by atoms with van der Waals surface area (Å²) in [5, 5.41) is -0.157. The lowest BCUT2D eigenvalue weighted by molar-refractivity contribution is -0.137. The largest absolute Gasteiger partial charge is 0.489 e. The van der Waals surface area contributed by atoms with Gasteiger partial charge in [0.25, 0.3) is 0 Å². The number of benzene rings is 2. The lowest BCUT2D eigenvalue weighted by Crippen LogP contribution is -2.17. The highest BCUT2D eigenvalue weighted by Crippen LogP contribution is 2.44. The molecule has 1 atom stereocenters. The van der Waals surface area contributed by atoms with Crippen LogP contribution in [0.1, 0.15) is 17.5 Å². The maximum atomic E-state index is 13.4. The average molecular weight is 360 g/mol. The molecule has 7 heteroatoms. The molecular weight excluding hydrogens is 346 g/mol. The van der Waals surface area contributed by atoms with Crippen LogP contribution in [0.25, 0.3) is 11.1 Å². The quantitative estimate of drug-likeness (QED) is 0.798. The number of alkyl halides is 3. The molecular formula is C17H14ClF4NO. The van der Waals surface area contributed by atoms with E-state index in [0.29, 0.717) is 36.3 Å². The van der Waals surface area contributed by atoms with E-state index in [1.54, 1.807) is 0 Å². The third-order valence-corrected chi connectivity index (χ3v) is 4.23. The minimum Gasteiger partial charge on any atom is -0.489 e. The minimum atomic E-state index is -4.49. The minimum absolute atomic E-state index is 0.157. The van der Waals surface area contributed by atoms with Gasteiger partial charge >= 0.3 is 6.18 Å². The second-order valence-electron chi connectivity index (χ2n) is 5.66. The molecule has 0 aromatic heterocycles. The van der Waals surface area contributed by atoms with Crippen LogP contribution in [0.2, 0.25) is 5.02 Å². The molecule has 0 fully saturated rings. The Morgan fingerprint density at radius 2 is 1.96 bits per heavy atom. The van der Waals surface area contributed by atoms with Crippen LogP contribution in [-0.2, 0) is 12.6 Å². The van der Waals surface area contributed by atoms with Crippen molar-refractivity contribution in [2.45, 2.75) is 25.1 Å². The van der Waals surface area contributed by atoms with E-state index in [0.717, 1.165) is 18.2 Å². The fraction of sp³-hybridized carbons (Fsp3) is 0.294. The van der Waals surface area contributed by atoms with Gasteiger partial charge in [-0.2, -0.15) is 13.2 Å². The van der Waals surface area contributed by atoms with E-state index in [1.165, 1.54) is 12.1 Å². The maximum Gasteiger partial charge on any atom is 0.416 e. The van der Waals surface area contributed by atoms with E-state index in [9.17, 15) is 17.6 Å². The Bertz CT molecular complexity index is 776. The van der Waals surface area contributed by atoms with Crippen LogP contribution in [0.15, 0.2) is 30.3 Å². The van der Waals surface area contributed by atoms with Gasteiger partial charge in [-0.25, -0.2) is 4.39 Å². The summed E-state index contributed by atoms with van der Waals surface area (Å²) in [6, 6.07) is 5.91. The molecule has 0 bridgehead atoms. The first-order chi connectivity index (χ1) is 11.3. The summed E-state index contributed by atoms with van der Waals surface area (Å²) in [6.07, 6.45) is -3.85. The molecule has 0 amide bonds. The molecule has 1 heterocycles. The Kier molecular flexibility index (Phi) is 4.44. The van der Waals surface area contributed by atoms with E-state index < -0.39 is 17.6 Å². The number of rotatable bonds is 3. The van der Waals surface area contributed by atoms with E-state index in [2.05, 4.69) is 0 Å². The summed E-state index contributed by atoms with van der Waals surface area (Å²) < 4.78 is 58.7. The van der Waals surface area contributed by atoms with Gasteiger partial charge in [-0.3, -0.25) is 0 Å². The predicted octanol–water partition coefficient (Wildman–Crippen LogP) is 4.82. The van der Waals surface area contributed by atoms with Crippen molar-refractivity contribution in [3.63, 3.8) is 0 Å². The van der Waals surface area contributed by atoms with Crippen molar-refractivity contribution in [3.8, 4) is 16.9 Å². The number of ether oxygens (including phenoxy) is 1. The highest BCUT2D eigenvalue weighted by atomic mass is 35.5. The molecule has 128 valence electrons. The Hall–Kier alpha value is -1.79. The Morgan fingerprint density at radius 3 is 2.58 bits per heavy atom. The molecule has 1 aliphatic rings. The van der Waals surface area contributed by atoms with Gasteiger partial charge in [0, 0.05) is 12.0 Å². The van der Waals surface area contributed by atoms with Gasteiger partial charge in [-0.15, -0.1) is 0 Å². The summed E-state index contributed by atoms with van der Waals surface area (Å²) >= 11 is 5.77. The second-order valence-corrected chi connectivity index (χ2v) is 6.07. The maximum absolute atomic E-state index is 13.4. The molecule has 24 heavy (non-hydrogen) atoms. The fourth-order valence-electron chi connectivity index (χ4n) is 2.82.